The number of carbonyl (C=O) groups is 1. The van der Waals surface area contributed by atoms with Gasteiger partial charge in [-0.05, 0) is 25.1 Å². The van der Waals surface area contributed by atoms with Crippen LogP contribution < -0.4 is 10.9 Å². The summed E-state index contributed by atoms with van der Waals surface area (Å²) in [7, 11) is 0. The summed E-state index contributed by atoms with van der Waals surface area (Å²) in [4.78, 5) is 29.7. The summed E-state index contributed by atoms with van der Waals surface area (Å²) in [5, 5.41) is 3.42. The van der Waals surface area contributed by atoms with Gasteiger partial charge in [0.2, 0.25) is 5.91 Å². The number of hydrogen-bond acceptors (Lipinski definition) is 4. The van der Waals surface area contributed by atoms with E-state index in [0.29, 0.717) is 16.0 Å². The van der Waals surface area contributed by atoms with Gasteiger partial charge in [0.05, 0.1) is 11.2 Å². The van der Waals surface area contributed by atoms with Gasteiger partial charge in [0.15, 0.2) is 0 Å². The van der Waals surface area contributed by atoms with E-state index in [4.69, 9.17) is 0 Å². The van der Waals surface area contributed by atoms with E-state index in [9.17, 15) is 14.0 Å². The van der Waals surface area contributed by atoms with Gasteiger partial charge in [-0.25, -0.2) is 9.37 Å². The third-order valence-electron chi connectivity index (χ3n) is 4.12. The number of amides is 1. The lowest BCUT2D eigenvalue weighted by Crippen LogP contribution is -2.29. The molecular weight excluding hydrogens is 353 g/mol. The Kier molecular flexibility index (Phi) is 4.00. The number of aryl methyl sites for hydroxylation is 1. The van der Waals surface area contributed by atoms with E-state index in [1.807, 2.05) is 24.3 Å². The highest BCUT2D eigenvalue weighted by Gasteiger charge is 2.16. The van der Waals surface area contributed by atoms with Crippen LogP contribution in [0.4, 0.5) is 10.1 Å². The van der Waals surface area contributed by atoms with Crippen molar-refractivity contribution in [3.8, 4) is 0 Å². The Hall–Kier alpha value is -3.06. The fourth-order valence-corrected chi connectivity index (χ4v) is 3.95. The number of para-hydroxylation sites is 1. The van der Waals surface area contributed by atoms with Crippen molar-refractivity contribution in [2.24, 2.45) is 0 Å². The minimum atomic E-state index is -0.525. The van der Waals surface area contributed by atoms with E-state index in [0.717, 1.165) is 10.1 Å². The first kappa shape index (κ1) is 16.4. The van der Waals surface area contributed by atoms with Gasteiger partial charge < -0.3 is 5.32 Å². The third kappa shape index (κ3) is 2.76. The maximum Gasteiger partial charge on any atom is 0.272 e. The van der Waals surface area contributed by atoms with Crippen molar-refractivity contribution < 1.29 is 9.18 Å². The molecule has 5 nitrogen and oxygen atoms in total. The molecule has 0 atom stereocenters. The van der Waals surface area contributed by atoms with Crippen molar-refractivity contribution in [1.82, 2.24) is 9.55 Å². The molecule has 4 rings (SSSR count). The Morgan fingerprint density at radius 3 is 2.73 bits per heavy atom. The molecular formula is C19H14FN3O2S. The lowest BCUT2D eigenvalue weighted by atomic mass is 10.2. The number of aromatic nitrogens is 2. The molecule has 130 valence electrons. The van der Waals surface area contributed by atoms with E-state index in [1.54, 1.807) is 19.1 Å². The van der Waals surface area contributed by atoms with Crippen molar-refractivity contribution >= 4 is 43.2 Å². The van der Waals surface area contributed by atoms with Crippen LogP contribution in [-0.2, 0) is 11.3 Å². The summed E-state index contributed by atoms with van der Waals surface area (Å²) < 4.78 is 16.5. The Labute approximate surface area is 151 Å². The molecule has 0 bridgehead atoms. The van der Waals surface area contributed by atoms with E-state index in [-0.39, 0.29) is 17.8 Å². The quantitative estimate of drug-likeness (QED) is 0.601. The number of halogens is 1. The van der Waals surface area contributed by atoms with Crippen LogP contribution >= 0.6 is 11.3 Å². The smallest absolute Gasteiger partial charge is 0.272 e. The molecule has 1 N–H and O–H groups in total. The Morgan fingerprint density at radius 2 is 1.92 bits per heavy atom. The van der Waals surface area contributed by atoms with Gasteiger partial charge in [-0.15, -0.1) is 11.3 Å². The van der Waals surface area contributed by atoms with Gasteiger partial charge >= 0.3 is 0 Å². The largest absolute Gasteiger partial charge is 0.322 e. The number of anilines is 1. The van der Waals surface area contributed by atoms with E-state index in [2.05, 4.69) is 10.3 Å². The number of carbonyl (C=O) groups excluding carboxylic acids is 1. The Morgan fingerprint density at radius 1 is 1.19 bits per heavy atom. The molecule has 0 spiro atoms. The molecule has 0 fully saturated rings. The second-order valence-electron chi connectivity index (χ2n) is 5.85. The SMILES string of the molecule is Cc1nc2c(sc3ccccc32)c(=O)n1CC(=O)Nc1ccccc1F. The van der Waals surface area contributed by atoms with Gasteiger partial charge in [0.1, 0.15) is 22.9 Å². The van der Waals surface area contributed by atoms with Crippen molar-refractivity contribution in [3.05, 3.63) is 70.5 Å². The van der Waals surface area contributed by atoms with Crippen LogP contribution in [0.25, 0.3) is 20.3 Å². The second kappa shape index (κ2) is 6.34. The molecule has 2 aromatic carbocycles. The van der Waals surface area contributed by atoms with E-state index >= 15 is 0 Å². The fraction of sp³-hybridized carbons (Fsp3) is 0.105. The second-order valence-corrected chi connectivity index (χ2v) is 6.91. The summed E-state index contributed by atoms with van der Waals surface area (Å²) in [6.07, 6.45) is 0. The van der Waals surface area contributed by atoms with E-state index in [1.165, 1.54) is 28.0 Å². The van der Waals surface area contributed by atoms with Crippen molar-refractivity contribution in [2.45, 2.75) is 13.5 Å². The maximum atomic E-state index is 13.7. The average Bonchev–Trinajstić information content (AvgIpc) is 2.99. The summed E-state index contributed by atoms with van der Waals surface area (Å²) in [6.45, 7) is 1.46. The summed E-state index contributed by atoms with van der Waals surface area (Å²) in [5.74, 6) is -0.569. The van der Waals surface area contributed by atoms with Gasteiger partial charge in [0, 0.05) is 10.1 Å². The summed E-state index contributed by atoms with van der Waals surface area (Å²) in [5.41, 5.74) is 0.468. The highest BCUT2D eigenvalue weighted by atomic mass is 32.1. The van der Waals surface area contributed by atoms with Gasteiger partial charge in [0.25, 0.3) is 5.56 Å². The summed E-state index contributed by atoms with van der Waals surface area (Å²) in [6, 6.07) is 13.6. The average molecular weight is 367 g/mol. The molecule has 1 amide bonds. The molecule has 0 aliphatic rings. The van der Waals surface area contributed by atoms with Crippen LogP contribution in [0.1, 0.15) is 5.82 Å². The van der Waals surface area contributed by atoms with Gasteiger partial charge in [-0.2, -0.15) is 0 Å². The zero-order valence-corrected chi connectivity index (χ0v) is 14.6. The molecule has 0 aliphatic heterocycles. The number of rotatable bonds is 3. The molecule has 0 saturated carbocycles. The lowest BCUT2D eigenvalue weighted by Gasteiger charge is -2.10. The lowest BCUT2D eigenvalue weighted by molar-refractivity contribution is -0.116. The molecule has 4 aromatic rings. The van der Waals surface area contributed by atoms with Gasteiger partial charge in [-0.1, -0.05) is 30.3 Å². The predicted molar refractivity (Wildman–Crippen MR) is 101 cm³/mol. The Balaban J connectivity index is 1.72. The monoisotopic (exact) mass is 367 g/mol. The molecule has 0 radical (unpaired) electrons. The third-order valence-corrected chi connectivity index (χ3v) is 5.27. The first-order chi connectivity index (χ1) is 12.5. The molecule has 2 heterocycles. The normalized spacial score (nSPS) is 11.2. The highest BCUT2D eigenvalue weighted by Crippen LogP contribution is 2.30. The maximum absolute atomic E-state index is 13.7. The molecule has 0 unspecified atom stereocenters. The zero-order chi connectivity index (χ0) is 18.3. The molecule has 2 aromatic heterocycles. The van der Waals surface area contributed by atoms with Crippen molar-refractivity contribution in [3.63, 3.8) is 0 Å². The molecule has 0 aliphatic carbocycles. The molecule has 26 heavy (non-hydrogen) atoms. The standard InChI is InChI=1S/C19H14FN3O2S/c1-11-21-17-12-6-2-5-9-15(12)26-18(17)19(25)23(11)10-16(24)22-14-8-4-3-7-13(14)20/h2-9H,10H2,1H3,(H,22,24). The number of nitrogens with one attached hydrogen (secondary N) is 1. The van der Waals surface area contributed by atoms with Crippen LogP contribution in [0.3, 0.4) is 0 Å². The Bertz CT molecular complexity index is 1210. The van der Waals surface area contributed by atoms with Crippen LogP contribution in [0, 0.1) is 12.7 Å². The van der Waals surface area contributed by atoms with Crippen LogP contribution in [0.2, 0.25) is 0 Å². The minimum absolute atomic E-state index is 0.0825. The summed E-state index contributed by atoms with van der Waals surface area (Å²) >= 11 is 1.36. The molecule has 7 heteroatoms. The highest BCUT2D eigenvalue weighted by molar-refractivity contribution is 7.25. The zero-order valence-electron chi connectivity index (χ0n) is 13.8. The number of benzene rings is 2. The van der Waals surface area contributed by atoms with Crippen LogP contribution in [0.5, 0.6) is 0 Å². The van der Waals surface area contributed by atoms with Crippen LogP contribution in [-0.4, -0.2) is 15.5 Å². The molecule has 0 saturated heterocycles. The topological polar surface area (TPSA) is 64.0 Å². The number of thiophene rings is 1. The van der Waals surface area contributed by atoms with Crippen molar-refractivity contribution in [1.29, 1.82) is 0 Å². The minimum Gasteiger partial charge on any atom is -0.322 e. The number of nitrogens with zero attached hydrogens (tertiary/aromatic N) is 2. The number of hydrogen-bond donors (Lipinski definition) is 1. The fourth-order valence-electron chi connectivity index (χ4n) is 2.86. The number of fused-ring (bicyclic) bond motifs is 3. The van der Waals surface area contributed by atoms with Crippen LogP contribution in [0.15, 0.2) is 53.3 Å². The van der Waals surface area contributed by atoms with Crippen molar-refractivity contribution in [2.75, 3.05) is 5.32 Å². The van der Waals surface area contributed by atoms with Gasteiger partial charge in [-0.3, -0.25) is 14.2 Å². The van der Waals surface area contributed by atoms with E-state index < -0.39 is 11.7 Å². The predicted octanol–water partition coefficient (Wildman–Crippen LogP) is 3.70. The first-order valence-electron chi connectivity index (χ1n) is 7.97. The first-order valence-corrected chi connectivity index (χ1v) is 8.79.